The van der Waals surface area contributed by atoms with E-state index in [2.05, 4.69) is 21.2 Å². The Balaban J connectivity index is 2.81. The Morgan fingerprint density at radius 3 is 2.67 bits per heavy atom. The second-order valence-electron chi connectivity index (χ2n) is 4.03. The van der Waals surface area contributed by atoms with Crippen molar-refractivity contribution in [3.05, 3.63) is 33.8 Å². The van der Waals surface area contributed by atoms with E-state index in [4.69, 9.17) is 0 Å². The summed E-state index contributed by atoms with van der Waals surface area (Å²) in [5.41, 5.74) is 1.49. The van der Waals surface area contributed by atoms with E-state index in [-0.39, 0.29) is 18.4 Å². The van der Waals surface area contributed by atoms with Gasteiger partial charge >= 0.3 is 0 Å². The predicted octanol–water partition coefficient (Wildman–Crippen LogP) is 1.97. The predicted molar refractivity (Wildman–Crippen MR) is 74.5 cm³/mol. The van der Waals surface area contributed by atoms with Crippen molar-refractivity contribution in [3.63, 3.8) is 0 Å². The molecule has 1 rings (SSSR count). The number of rotatable bonds is 4. The summed E-state index contributed by atoms with van der Waals surface area (Å²) in [6, 6.07) is 5.46. The Bertz CT molecular complexity index is 460. The zero-order valence-corrected chi connectivity index (χ0v) is 12.4. The quantitative estimate of drug-likeness (QED) is 0.924. The number of hydrogen-bond acceptors (Lipinski definition) is 2. The highest BCUT2D eigenvalue weighted by molar-refractivity contribution is 9.10. The summed E-state index contributed by atoms with van der Waals surface area (Å²) in [6.45, 7) is 4.35. The van der Waals surface area contributed by atoms with Crippen molar-refractivity contribution in [2.45, 2.75) is 13.8 Å². The topological polar surface area (TPSA) is 49.4 Å². The molecule has 0 heterocycles. The highest BCUT2D eigenvalue weighted by atomic mass is 79.9. The van der Waals surface area contributed by atoms with E-state index in [0.717, 1.165) is 10.0 Å². The second kappa shape index (κ2) is 6.54. The molecule has 0 aromatic heterocycles. The van der Waals surface area contributed by atoms with Crippen molar-refractivity contribution in [1.29, 1.82) is 0 Å². The van der Waals surface area contributed by atoms with Crippen molar-refractivity contribution in [3.8, 4) is 0 Å². The average Bonchev–Trinajstić information content (AvgIpc) is 2.32. The molecule has 0 spiro atoms. The third kappa shape index (κ3) is 3.57. The Morgan fingerprint density at radius 2 is 2.06 bits per heavy atom. The fraction of sp³-hybridized carbons (Fsp3) is 0.385. The van der Waals surface area contributed by atoms with Crippen LogP contribution in [0.1, 0.15) is 22.8 Å². The van der Waals surface area contributed by atoms with Crippen LogP contribution in [0.15, 0.2) is 22.7 Å². The van der Waals surface area contributed by atoms with E-state index in [1.165, 1.54) is 4.90 Å². The van der Waals surface area contributed by atoms with Crippen LogP contribution in [0, 0.1) is 6.92 Å². The fourth-order valence-electron chi connectivity index (χ4n) is 1.59. The zero-order valence-electron chi connectivity index (χ0n) is 10.8. The summed E-state index contributed by atoms with van der Waals surface area (Å²) in [7, 11) is 1.62. The lowest BCUT2D eigenvalue weighted by molar-refractivity contribution is -0.121. The minimum atomic E-state index is -0.153. The Hall–Kier alpha value is -1.36. The summed E-state index contributed by atoms with van der Waals surface area (Å²) in [5.74, 6) is -0.305. The maximum atomic E-state index is 12.2. The van der Waals surface area contributed by atoms with Crippen LogP contribution >= 0.6 is 15.9 Å². The molecule has 2 amide bonds. The number of nitrogens with one attached hydrogen (secondary N) is 1. The largest absolute Gasteiger partial charge is 0.355 e. The molecular formula is C13H17BrN2O2. The van der Waals surface area contributed by atoms with E-state index in [1.807, 2.05) is 26.0 Å². The molecule has 0 atom stereocenters. The van der Waals surface area contributed by atoms with Crippen molar-refractivity contribution in [1.82, 2.24) is 10.2 Å². The fourth-order valence-corrected chi connectivity index (χ4v) is 1.95. The Labute approximate surface area is 115 Å². The number of amides is 2. The van der Waals surface area contributed by atoms with Gasteiger partial charge in [-0.15, -0.1) is 0 Å². The number of halogens is 1. The van der Waals surface area contributed by atoms with Crippen LogP contribution in [0.3, 0.4) is 0 Å². The molecule has 0 saturated carbocycles. The molecule has 0 bridgehead atoms. The van der Waals surface area contributed by atoms with Crippen LogP contribution in [0.25, 0.3) is 0 Å². The molecule has 0 aliphatic heterocycles. The normalized spacial score (nSPS) is 10.0. The van der Waals surface area contributed by atoms with Crippen LogP contribution in [0.5, 0.6) is 0 Å². The maximum Gasteiger partial charge on any atom is 0.254 e. The minimum absolute atomic E-state index is 0.0681. The molecule has 1 N–H and O–H groups in total. The van der Waals surface area contributed by atoms with Crippen molar-refractivity contribution in [2.75, 3.05) is 20.1 Å². The third-order valence-electron chi connectivity index (χ3n) is 2.60. The minimum Gasteiger partial charge on any atom is -0.355 e. The smallest absolute Gasteiger partial charge is 0.254 e. The van der Waals surface area contributed by atoms with Gasteiger partial charge in [0.2, 0.25) is 5.91 Å². The molecule has 4 nitrogen and oxygen atoms in total. The molecule has 0 unspecified atom stereocenters. The molecule has 0 saturated heterocycles. The van der Waals surface area contributed by atoms with Crippen LogP contribution in [0.2, 0.25) is 0 Å². The molecule has 18 heavy (non-hydrogen) atoms. The van der Waals surface area contributed by atoms with Crippen LogP contribution in [-0.2, 0) is 4.79 Å². The molecule has 0 aliphatic rings. The number of benzene rings is 1. The van der Waals surface area contributed by atoms with Gasteiger partial charge in [0, 0.05) is 23.6 Å². The first-order valence-electron chi connectivity index (χ1n) is 5.74. The van der Waals surface area contributed by atoms with Gasteiger partial charge in [-0.25, -0.2) is 0 Å². The molecule has 0 aliphatic carbocycles. The summed E-state index contributed by atoms with van der Waals surface area (Å²) < 4.78 is 0.889. The average molecular weight is 313 g/mol. The van der Waals surface area contributed by atoms with E-state index < -0.39 is 0 Å². The van der Waals surface area contributed by atoms with Gasteiger partial charge in [0.25, 0.3) is 5.91 Å². The number of hydrogen-bond donors (Lipinski definition) is 1. The van der Waals surface area contributed by atoms with Crippen molar-refractivity contribution < 1.29 is 9.59 Å². The van der Waals surface area contributed by atoms with E-state index >= 15 is 0 Å². The number of carbonyl (C=O) groups excluding carboxylic acids is 2. The van der Waals surface area contributed by atoms with Crippen LogP contribution in [-0.4, -0.2) is 36.9 Å². The van der Waals surface area contributed by atoms with Gasteiger partial charge in [-0.2, -0.15) is 0 Å². The lowest BCUT2D eigenvalue weighted by Gasteiger charge is -2.18. The van der Waals surface area contributed by atoms with E-state index in [1.54, 1.807) is 13.1 Å². The van der Waals surface area contributed by atoms with Gasteiger partial charge in [-0.05, 0) is 31.5 Å². The van der Waals surface area contributed by atoms with Gasteiger partial charge in [0.05, 0.1) is 6.54 Å². The third-order valence-corrected chi connectivity index (χ3v) is 3.46. The summed E-state index contributed by atoms with van der Waals surface area (Å²) in [4.78, 5) is 25.0. The van der Waals surface area contributed by atoms with Crippen molar-refractivity contribution >= 4 is 27.7 Å². The van der Waals surface area contributed by atoms with Crippen LogP contribution in [0.4, 0.5) is 0 Å². The molecule has 5 heteroatoms. The molecule has 0 radical (unpaired) electrons. The molecule has 0 fully saturated rings. The summed E-state index contributed by atoms with van der Waals surface area (Å²) >= 11 is 3.39. The van der Waals surface area contributed by atoms with E-state index in [0.29, 0.717) is 12.1 Å². The standard InChI is InChI=1S/C13H17BrN2O2/c1-4-15-12(17)8-16(3)13(18)10-6-5-7-11(14)9(10)2/h5-7H,4,8H2,1-3H3,(H,15,17). The van der Waals surface area contributed by atoms with Gasteiger partial charge < -0.3 is 10.2 Å². The Morgan fingerprint density at radius 1 is 1.39 bits per heavy atom. The molecular weight excluding hydrogens is 296 g/mol. The first kappa shape index (κ1) is 14.7. The number of carbonyl (C=O) groups is 2. The zero-order chi connectivity index (χ0) is 13.7. The Kier molecular flexibility index (Phi) is 5.34. The SMILES string of the molecule is CCNC(=O)CN(C)C(=O)c1cccc(Br)c1C. The van der Waals surface area contributed by atoms with Gasteiger partial charge in [0.1, 0.15) is 0 Å². The summed E-state index contributed by atoms with van der Waals surface area (Å²) in [6.07, 6.45) is 0. The number of nitrogens with zero attached hydrogens (tertiary/aromatic N) is 1. The molecule has 1 aromatic rings. The van der Waals surface area contributed by atoms with E-state index in [9.17, 15) is 9.59 Å². The lowest BCUT2D eigenvalue weighted by atomic mass is 10.1. The van der Waals surface area contributed by atoms with Gasteiger partial charge in [-0.3, -0.25) is 9.59 Å². The number of likely N-dealkylation sites (N-methyl/N-ethyl adjacent to an activating group) is 2. The second-order valence-corrected chi connectivity index (χ2v) is 4.88. The molecule has 98 valence electrons. The van der Waals surface area contributed by atoms with Crippen LogP contribution < -0.4 is 5.32 Å². The first-order valence-corrected chi connectivity index (χ1v) is 6.54. The monoisotopic (exact) mass is 312 g/mol. The maximum absolute atomic E-state index is 12.2. The molecule has 1 aromatic carbocycles. The highest BCUT2D eigenvalue weighted by Crippen LogP contribution is 2.20. The van der Waals surface area contributed by atoms with Crippen molar-refractivity contribution in [2.24, 2.45) is 0 Å². The lowest BCUT2D eigenvalue weighted by Crippen LogP contribution is -2.38. The first-order chi connectivity index (χ1) is 8.47. The summed E-state index contributed by atoms with van der Waals surface area (Å²) in [5, 5.41) is 2.67. The highest BCUT2D eigenvalue weighted by Gasteiger charge is 2.17. The van der Waals surface area contributed by atoms with Gasteiger partial charge in [-0.1, -0.05) is 22.0 Å². The van der Waals surface area contributed by atoms with Gasteiger partial charge in [0.15, 0.2) is 0 Å².